The average Bonchev–Trinajstić information content (AvgIpc) is 2.13. The van der Waals surface area contributed by atoms with E-state index in [1.165, 1.54) is 12.8 Å². The van der Waals surface area contributed by atoms with Gasteiger partial charge in [0.15, 0.2) is 0 Å². The third-order valence-corrected chi connectivity index (χ3v) is 3.60. The van der Waals surface area contributed by atoms with Gasteiger partial charge in [0.05, 0.1) is 6.42 Å². The molecule has 2 aliphatic rings. The maximum atomic E-state index is 10.8. The van der Waals surface area contributed by atoms with Crippen LogP contribution in [0.2, 0.25) is 0 Å². The van der Waals surface area contributed by atoms with Crippen LogP contribution in [-0.4, -0.2) is 59.6 Å². The second-order valence-electron chi connectivity index (χ2n) is 4.86. The SMILES string of the molecule is CN1CC(N2CCCCC2CC(=O)O)C1. The van der Waals surface area contributed by atoms with Gasteiger partial charge in [-0.25, -0.2) is 0 Å². The van der Waals surface area contributed by atoms with Crippen LogP contribution in [-0.2, 0) is 4.79 Å². The number of carboxylic acid groups (broad SMARTS) is 1. The van der Waals surface area contributed by atoms with Gasteiger partial charge in [0.2, 0.25) is 0 Å². The van der Waals surface area contributed by atoms with E-state index < -0.39 is 5.97 Å². The molecular weight excluding hydrogens is 192 g/mol. The Balaban J connectivity index is 1.90. The second kappa shape index (κ2) is 4.49. The molecule has 2 rings (SSSR count). The Morgan fingerprint density at radius 2 is 2.13 bits per heavy atom. The normalized spacial score (nSPS) is 30.1. The lowest BCUT2D eigenvalue weighted by Gasteiger charge is -2.48. The summed E-state index contributed by atoms with van der Waals surface area (Å²) in [6.07, 6.45) is 3.81. The minimum absolute atomic E-state index is 0.287. The molecule has 0 spiro atoms. The summed E-state index contributed by atoms with van der Waals surface area (Å²) in [7, 11) is 2.12. The monoisotopic (exact) mass is 212 g/mol. The molecule has 0 aliphatic carbocycles. The molecule has 0 saturated carbocycles. The minimum atomic E-state index is -0.653. The van der Waals surface area contributed by atoms with Crippen molar-refractivity contribution in [1.29, 1.82) is 0 Å². The molecule has 0 aromatic carbocycles. The van der Waals surface area contributed by atoms with Crippen LogP contribution in [0.15, 0.2) is 0 Å². The zero-order valence-corrected chi connectivity index (χ0v) is 9.35. The number of hydrogen-bond donors (Lipinski definition) is 1. The molecule has 0 aromatic heterocycles. The van der Waals surface area contributed by atoms with Crippen LogP contribution < -0.4 is 0 Å². The van der Waals surface area contributed by atoms with Crippen molar-refractivity contribution in [2.45, 2.75) is 37.8 Å². The lowest BCUT2D eigenvalue weighted by molar-refractivity contribution is -0.139. The molecule has 2 aliphatic heterocycles. The van der Waals surface area contributed by atoms with E-state index in [-0.39, 0.29) is 6.04 Å². The van der Waals surface area contributed by atoms with Gasteiger partial charge in [0, 0.05) is 25.2 Å². The second-order valence-corrected chi connectivity index (χ2v) is 4.86. The molecule has 4 heteroatoms. The topological polar surface area (TPSA) is 43.8 Å². The van der Waals surface area contributed by atoms with Crippen molar-refractivity contribution in [3.05, 3.63) is 0 Å². The summed E-state index contributed by atoms with van der Waals surface area (Å²) in [5.74, 6) is -0.653. The van der Waals surface area contributed by atoms with Gasteiger partial charge in [-0.2, -0.15) is 0 Å². The van der Waals surface area contributed by atoms with Gasteiger partial charge in [-0.05, 0) is 26.4 Å². The Labute approximate surface area is 90.9 Å². The molecule has 0 aromatic rings. The first-order chi connectivity index (χ1) is 7.16. The number of aliphatic carboxylic acids is 1. The van der Waals surface area contributed by atoms with Gasteiger partial charge in [-0.1, -0.05) is 6.42 Å². The fraction of sp³-hybridized carbons (Fsp3) is 0.909. The lowest BCUT2D eigenvalue weighted by atomic mass is 9.95. The molecule has 2 heterocycles. The summed E-state index contributed by atoms with van der Waals surface area (Å²) < 4.78 is 0. The van der Waals surface area contributed by atoms with Gasteiger partial charge in [0.25, 0.3) is 0 Å². The van der Waals surface area contributed by atoms with Gasteiger partial charge < -0.3 is 10.0 Å². The zero-order chi connectivity index (χ0) is 10.8. The average molecular weight is 212 g/mol. The maximum absolute atomic E-state index is 10.8. The maximum Gasteiger partial charge on any atom is 0.304 e. The third-order valence-electron chi connectivity index (χ3n) is 3.60. The van der Waals surface area contributed by atoms with Crippen LogP contribution in [0.5, 0.6) is 0 Å². The fourth-order valence-corrected chi connectivity index (χ4v) is 2.80. The number of rotatable bonds is 3. The number of piperidine rings is 1. The summed E-state index contributed by atoms with van der Waals surface area (Å²) >= 11 is 0. The number of nitrogens with zero attached hydrogens (tertiary/aromatic N) is 2. The molecule has 0 radical (unpaired) electrons. The highest BCUT2D eigenvalue weighted by Crippen LogP contribution is 2.25. The summed E-state index contributed by atoms with van der Waals surface area (Å²) in [6.45, 7) is 3.31. The van der Waals surface area contributed by atoms with E-state index in [1.54, 1.807) is 0 Å². The van der Waals surface area contributed by atoms with Gasteiger partial charge in [-0.3, -0.25) is 9.69 Å². The van der Waals surface area contributed by atoms with E-state index in [0.717, 1.165) is 26.1 Å². The Bertz CT molecular complexity index is 239. The van der Waals surface area contributed by atoms with E-state index in [9.17, 15) is 4.79 Å². The summed E-state index contributed by atoms with van der Waals surface area (Å²) in [4.78, 5) is 15.5. The van der Waals surface area contributed by atoms with E-state index in [0.29, 0.717) is 12.5 Å². The number of carboxylic acids is 1. The van der Waals surface area contributed by atoms with Crippen LogP contribution in [0.4, 0.5) is 0 Å². The molecule has 2 saturated heterocycles. The quantitative estimate of drug-likeness (QED) is 0.745. The van der Waals surface area contributed by atoms with Crippen molar-refractivity contribution in [3.8, 4) is 0 Å². The van der Waals surface area contributed by atoms with E-state index >= 15 is 0 Å². The van der Waals surface area contributed by atoms with E-state index in [2.05, 4.69) is 16.8 Å². The summed E-state index contributed by atoms with van der Waals surface area (Å²) in [5, 5.41) is 8.87. The van der Waals surface area contributed by atoms with Crippen molar-refractivity contribution >= 4 is 5.97 Å². The predicted molar refractivity (Wildman–Crippen MR) is 57.9 cm³/mol. The van der Waals surface area contributed by atoms with Crippen molar-refractivity contribution in [2.75, 3.05) is 26.7 Å². The lowest BCUT2D eigenvalue weighted by Crippen LogP contribution is -2.61. The van der Waals surface area contributed by atoms with Crippen molar-refractivity contribution < 1.29 is 9.90 Å². The van der Waals surface area contributed by atoms with Crippen LogP contribution >= 0.6 is 0 Å². The van der Waals surface area contributed by atoms with Crippen LogP contribution in [0.3, 0.4) is 0 Å². The number of hydrogen-bond acceptors (Lipinski definition) is 3. The molecule has 15 heavy (non-hydrogen) atoms. The first-order valence-corrected chi connectivity index (χ1v) is 5.83. The molecule has 0 bridgehead atoms. The van der Waals surface area contributed by atoms with Crippen molar-refractivity contribution in [1.82, 2.24) is 9.80 Å². The smallest absolute Gasteiger partial charge is 0.304 e. The Morgan fingerprint density at radius 1 is 1.40 bits per heavy atom. The zero-order valence-electron chi connectivity index (χ0n) is 9.35. The number of likely N-dealkylation sites (tertiary alicyclic amines) is 2. The highest BCUT2D eigenvalue weighted by Gasteiger charge is 2.35. The molecular formula is C11H20N2O2. The number of likely N-dealkylation sites (N-methyl/N-ethyl adjacent to an activating group) is 1. The van der Waals surface area contributed by atoms with Crippen LogP contribution in [0, 0.1) is 0 Å². The molecule has 1 atom stereocenters. The largest absolute Gasteiger partial charge is 0.481 e. The summed E-state index contributed by atoms with van der Waals surface area (Å²) in [6, 6.07) is 0.898. The Hall–Kier alpha value is -0.610. The molecule has 2 fully saturated rings. The highest BCUT2D eigenvalue weighted by molar-refractivity contribution is 5.67. The number of carbonyl (C=O) groups is 1. The Morgan fingerprint density at radius 3 is 2.73 bits per heavy atom. The molecule has 4 nitrogen and oxygen atoms in total. The molecule has 0 amide bonds. The first kappa shape index (κ1) is 10.9. The predicted octanol–water partition coefficient (Wildman–Crippen LogP) is 0.630. The molecule has 1 unspecified atom stereocenters. The van der Waals surface area contributed by atoms with Crippen molar-refractivity contribution in [2.24, 2.45) is 0 Å². The molecule has 86 valence electrons. The highest BCUT2D eigenvalue weighted by atomic mass is 16.4. The molecule has 1 N–H and O–H groups in total. The Kier molecular flexibility index (Phi) is 3.26. The first-order valence-electron chi connectivity index (χ1n) is 5.83. The third kappa shape index (κ3) is 2.49. The summed E-state index contributed by atoms with van der Waals surface area (Å²) in [5.41, 5.74) is 0. The standard InChI is InChI=1S/C11H20N2O2/c1-12-7-10(8-12)13-5-3-2-4-9(13)6-11(14)15/h9-10H,2-8H2,1H3,(H,14,15). The minimum Gasteiger partial charge on any atom is -0.481 e. The van der Waals surface area contributed by atoms with Gasteiger partial charge >= 0.3 is 5.97 Å². The fourth-order valence-electron chi connectivity index (χ4n) is 2.80. The van der Waals surface area contributed by atoms with E-state index in [1.807, 2.05) is 0 Å². The van der Waals surface area contributed by atoms with E-state index in [4.69, 9.17) is 5.11 Å². The van der Waals surface area contributed by atoms with Crippen molar-refractivity contribution in [3.63, 3.8) is 0 Å². The van der Waals surface area contributed by atoms with Gasteiger partial charge in [0.1, 0.15) is 0 Å². The van der Waals surface area contributed by atoms with Gasteiger partial charge in [-0.15, -0.1) is 0 Å². The van der Waals surface area contributed by atoms with Crippen LogP contribution in [0.1, 0.15) is 25.7 Å². The van der Waals surface area contributed by atoms with Crippen LogP contribution in [0.25, 0.3) is 0 Å².